The summed E-state index contributed by atoms with van der Waals surface area (Å²) in [6.07, 6.45) is 2.75. The van der Waals surface area contributed by atoms with Gasteiger partial charge in [-0.3, -0.25) is 14.4 Å². The van der Waals surface area contributed by atoms with E-state index in [-0.39, 0.29) is 17.9 Å². The number of hydrogen-bond acceptors (Lipinski definition) is 6. The smallest absolute Gasteiger partial charge is 0.307 e. The lowest BCUT2D eigenvalue weighted by Crippen LogP contribution is -2.34. The van der Waals surface area contributed by atoms with Crippen LogP contribution in [-0.2, 0) is 17.8 Å². The minimum atomic E-state index is -1.04. The molecule has 0 saturated heterocycles. The second-order valence-electron chi connectivity index (χ2n) is 10.2. The first-order valence-electron chi connectivity index (χ1n) is 13.3. The van der Waals surface area contributed by atoms with Crippen molar-refractivity contribution in [3.05, 3.63) is 99.8 Å². The summed E-state index contributed by atoms with van der Waals surface area (Å²) in [5, 5.41) is 18.7. The zero-order valence-electron chi connectivity index (χ0n) is 21.8. The van der Waals surface area contributed by atoms with Gasteiger partial charge in [-0.25, -0.2) is 4.68 Å². The number of carbonyl (C=O) groups is 2. The van der Waals surface area contributed by atoms with Gasteiger partial charge >= 0.3 is 5.97 Å². The Morgan fingerprint density at radius 3 is 2.54 bits per heavy atom. The molecule has 0 aliphatic heterocycles. The number of Topliss-reactive ketones (excluding diaryl/α,β-unsaturated/α-hetero) is 1. The van der Waals surface area contributed by atoms with Crippen LogP contribution >= 0.6 is 0 Å². The van der Waals surface area contributed by atoms with E-state index in [0.29, 0.717) is 41.7 Å². The standard InChI is InChI=1S/C31H31N3O5/c1-20-9-16-27-26(18-20)30(36)34(33-32-27)19-23-12-15-25(28(23)31(37)38)29(35)22-10-13-24(14-11-22)39-17-5-8-21-6-3-2-4-7-21/h2-4,6-7,9-11,13-14,16,18,23,25,28H,5,8,12,15,17,19H2,1H3,(H,37,38). The van der Waals surface area contributed by atoms with Crippen LogP contribution in [0.5, 0.6) is 5.75 Å². The summed E-state index contributed by atoms with van der Waals surface area (Å²) < 4.78 is 7.06. The number of fused-ring (bicyclic) bond motifs is 1. The molecule has 1 saturated carbocycles. The quantitative estimate of drug-likeness (QED) is 0.236. The SMILES string of the molecule is Cc1ccc2nnn(CC3CCC(C(=O)c4ccc(OCCCc5ccccc5)cc4)C3C(=O)O)c(=O)c2c1. The molecule has 8 nitrogen and oxygen atoms in total. The van der Waals surface area contributed by atoms with Crippen molar-refractivity contribution in [2.45, 2.75) is 39.2 Å². The number of ketones is 1. The maximum absolute atomic E-state index is 13.4. The Labute approximate surface area is 226 Å². The summed E-state index contributed by atoms with van der Waals surface area (Å²) in [5.41, 5.74) is 2.85. The summed E-state index contributed by atoms with van der Waals surface area (Å²) in [6.45, 7) is 2.55. The van der Waals surface area contributed by atoms with E-state index in [4.69, 9.17) is 4.74 Å². The maximum Gasteiger partial charge on any atom is 0.307 e. The summed E-state index contributed by atoms with van der Waals surface area (Å²) in [7, 11) is 0. The lowest BCUT2D eigenvalue weighted by Gasteiger charge is -2.20. The van der Waals surface area contributed by atoms with Crippen LogP contribution in [-0.4, -0.2) is 38.5 Å². The summed E-state index contributed by atoms with van der Waals surface area (Å²) >= 11 is 0. The van der Waals surface area contributed by atoms with Crippen molar-refractivity contribution in [1.29, 1.82) is 0 Å². The number of aromatic nitrogens is 3. The number of aliphatic carboxylic acids is 1. The highest BCUT2D eigenvalue weighted by molar-refractivity contribution is 6.00. The largest absolute Gasteiger partial charge is 0.494 e. The van der Waals surface area contributed by atoms with Crippen LogP contribution in [0.4, 0.5) is 0 Å². The molecule has 200 valence electrons. The Morgan fingerprint density at radius 2 is 1.79 bits per heavy atom. The van der Waals surface area contributed by atoms with Gasteiger partial charge in [-0.2, -0.15) is 0 Å². The molecule has 1 aliphatic rings. The minimum Gasteiger partial charge on any atom is -0.494 e. The van der Waals surface area contributed by atoms with Gasteiger partial charge in [0.2, 0.25) is 0 Å². The number of rotatable bonds is 10. The minimum absolute atomic E-state index is 0.103. The molecular formula is C31H31N3O5. The van der Waals surface area contributed by atoms with Gasteiger partial charge < -0.3 is 9.84 Å². The number of carboxylic acids is 1. The Hall–Kier alpha value is -4.33. The van der Waals surface area contributed by atoms with E-state index in [1.807, 2.05) is 31.2 Å². The Kier molecular flexibility index (Phi) is 7.81. The van der Waals surface area contributed by atoms with Crippen LogP contribution in [0.2, 0.25) is 0 Å². The average Bonchev–Trinajstić information content (AvgIpc) is 3.37. The fourth-order valence-electron chi connectivity index (χ4n) is 5.53. The number of hydrogen-bond donors (Lipinski definition) is 1. The van der Waals surface area contributed by atoms with E-state index in [1.54, 1.807) is 36.4 Å². The molecule has 1 N–H and O–H groups in total. The Balaban J connectivity index is 1.23. The second kappa shape index (κ2) is 11.6. The van der Waals surface area contributed by atoms with E-state index in [9.17, 15) is 19.5 Å². The third kappa shape index (κ3) is 5.90. The molecule has 0 amide bonds. The fraction of sp³-hybridized carbons (Fsp3) is 0.323. The first-order valence-corrected chi connectivity index (χ1v) is 13.3. The molecule has 0 spiro atoms. The number of aryl methyl sites for hydroxylation is 2. The van der Waals surface area contributed by atoms with Crippen LogP contribution in [0.3, 0.4) is 0 Å². The van der Waals surface area contributed by atoms with Crippen LogP contribution in [0.1, 0.15) is 40.7 Å². The van der Waals surface area contributed by atoms with Crippen molar-refractivity contribution in [2.24, 2.45) is 17.8 Å². The number of benzene rings is 3. The maximum atomic E-state index is 13.4. The average molecular weight is 526 g/mol. The molecule has 1 heterocycles. The van der Waals surface area contributed by atoms with Gasteiger partial charge in [0.15, 0.2) is 5.78 Å². The highest BCUT2D eigenvalue weighted by Crippen LogP contribution is 2.40. The second-order valence-corrected chi connectivity index (χ2v) is 10.2. The number of carbonyl (C=O) groups excluding carboxylic acids is 1. The van der Waals surface area contributed by atoms with E-state index >= 15 is 0 Å². The van der Waals surface area contributed by atoms with Crippen molar-refractivity contribution in [3.63, 3.8) is 0 Å². The van der Waals surface area contributed by atoms with Crippen molar-refractivity contribution in [3.8, 4) is 5.75 Å². The first kappa shape index (κ1) is 26.3. The molecule has 3 atom stereocenters. The molecule has 0 bridgehead atoms. The van der Waals surface area contributed by atoms with Crippen molar-refractivity contribution in [2.75, 3.05) is 6.61 Å². The van der Waals surface area contributed by atoms with Crippen molar-refractivity contribution < 1.29 is 19.4 Å². The van der Waals surface area contributed by atoms with E-state index in [0.717, 1.165) is 18.4 Å². The monoisotopic (exact) mass is 525 g/mol. The van der Waals surface area contributed by atoms with Crippen LogP contribution < -0.4 is 10.3 Å². The molecule has 5 rings (SSSR count). The molecule has 39 heavy (non-hydrogen) atoms. The molecule has 0 radical (unpaired) electrons. The molecular weight excluding hydrogens is 494 g/mol. The lowest BCUT2D eigenvalue weighted by molar-refractivity contribution is -0.144. The number of carboxylic acid groups (broad SMARTS) is 1. The highest BCUT2D eigenvalue weighted by Gasteiger charge is 2.45. The third-order valence-corrected chi connectivity index (χ3v) is 7.56. The lowest BCUT2D eigenvalue weighted by atomic mass is 9.84. The molecule has 1 fully saturated rings. The zero-order chi connectivity index (χ0) is 27.4. The molecule has 3 aromatic carbocycles. The van der Waals surface area contributed by atoms with Gasteiger partial charge in [0.1, 0.15) is 11.3 Å². The Bertz CT molecular complexity index is 1530. The van der Waals surface area contributed by atoms with Crippen LogP contribution in [0.15, 0.2) is 77.6 Å². The van der Waals surface area contributed by atoms with Crippen molar-refractivity contribution in [1.82, 2.24) is 15.0 Å². The molecule has 8 heteroatoms. The van der Waals surface area contributed by atoms with Gasteiger partial charge in [-0.15, -0.1) is 5.10 Å². The van der Waals surface area contributed by atoms with E-state index < -0.39 is 23.7 Å². The van der Waals surface area contributed by atoms with E-state index in [1.165, 1.54) is 10.2 Å². The number of nitrogens with zero attached hydrogens (tertiary/aromatic N) is 3. The molecule has 4 aromatic rings. The van der Waals surface area contributed by atoms with Crippen LogP contribution in [0.25, 0.3) is 10.9 Å². The first-order chi connectivity index (χ1) is 18.9. The van der Waals surface area contributed by atoms with Gasteiger partial charge in [0, 0.05) is 11.5 Å². The van der Waals surface area contributed by atoms with Gasteiger partial charge in [0.25, 0.3) is 5.56 Å². The van der Waals surface area contributed by atoms with Crippen molar-refractivity contribution >= 4 is 22.7 Å². The summed E-state index contributed by atoms with van der Waals surface area (Å²) in [5.74, 6) is -2.55. The topological polar surface area (TPSA) is 111 Å². The Morgan fingerprint density at radius 1 is 1.03 bits per heavy atom. The third-order valence-electron chi connectivity index (χ3n) is 7.56. The predicted octanol–water partition coefficient (Wildman–Crippen LogP) is 4.72. The predicted molar refractivity (Wildman–Crippen MR) is 147 cm³/mol. The van der Waals surface area contributed by atoms with Gasteiger partial charge in [0.05, 0.1) is 24.5 Å². The highest BCUT2D eigenvalue weighted by atomic mass is 16.5. The zero-order valence-corrected chi connectivity index (χ0v) is 21.8. The molecule has 1 aliphatic carbocycles. The molecule has 1 aromatic heterocycles. The summed E-state index contributed by atoms with van der Waals surface area (Å²) in [6, 6.07) is 22.5. The normalized spacial score (nSPS) is 18.7. The van der Waals surface area contributed by atoms with Gasteiger partial charge in [-0.1, -0.05) is 47.2 Å². The van der Waals surface area contributed by atoms with E-state index in [2.05, 4.69) is 22.4 Å². The summed E-state index contributed by atoms with van der Waals surface area (Å²) in [4.78, 5) is 38.7. The fourth-order valence-corrected chi connectivity index (χ4v) is 5.53. The molecule has 3 unspecified atom stereocenters. The number of ether oxygens (including phenoxy) is 1. The van der Waals surface area contributed by atoms with Crippen LogP contribution in [0, 0.1) is 24.7 Å². The van der Waals surface area contributed by atoms with Gasteiger partial charge in [-0.05, 0) is 80.5 Å².